The van der Waals surface area contributed by atoms with Gasteiger partial charge in [-0.25, -0.2) is 0 Å². The molecule has 0 spiro atoms. The first-order valence-electron chi connectivity index (χ1n) is 8.70. The van der Waals surface area contributed by atoms with Gasteiger partial charge in [0, 0.05) is 0 Å². The maximum absolute atomic E-state index is 12.5. The molecule has 160 valence electrons. The van der Waals surface area contributed by atoms with Gasteiger partial charge in [-0.1, -0.05) is 17.2 Å². The lowest BCUT2D eigenvalue weighted by Gasteiger charge is -2.32. The number of imide groups is 1. The number of amides is 2. The van der Waals surface area contributed by atoms with Crippen molar-refractivity contribution in [1.82, 2.24) is 15.1 Å². The Morgan fingerprint density at radius 3 is 2.27 bits per heavy atom. The Balaban J connectivity index is 1.30. The van der Waals surface area contributed by atoms with Crippen LogP contribution in [0.4, 0.5) is 13.2 Å². The number of hydrogen-bond donors (Lipinski definition) is 0. The third-order valence-electron chi connectivity index (χ3n) is 4.27. The quantitative estimate of drug-likeness (QED) is 0.500. The normalized spacial score (nSPS) is 21.8. The van der Waals surface area contributed by atoms with E-state index in [1.54, 1.807) is 24.3 Å². The molecule has 2 aliphatic rings. The van der Waals surface area contributed by atoms with Gasteiger partial charge in [-0.2, -0.15) is 0 Å². The number of rotatable bonds is 6. The second-order valence-electron chi connectivity index (χ2n) is 6.23. The smallest absolute Gasteiger partial charge is 0.447 e. The van der Waals surface area contributed by atoms with Crippen molar-refractivity contribution >= 4 is 11.8 Å². The third-order valence-corrected chi connectivity index (χ3v) is 4.27. The summed E-state index contributed by atoms with van der Waals surface area (Å²) in [5.41, 5.74) is 0.635. The predicted molar refractivity (Wildman–Crippen MR) is 87.2 cm³/mol. The first-order chi connectivity index (χ1) is 14.3. The Morgan fingerprint density at radius 1 is 1.03 bits per heavy atom. The Bertz CT molecular complexity index is 906. The molecule has 3 heterocycles. The molecule has 1 fully saturated rings. The molecule has 0 unspecified atom stereocenters. The van der Waals surface area contributed by atoms with Crippen molar-refractivity contribution in [1.29, 1.82) is 0 Å². The zero-order valence-corrected chi connectivity index (χ0v) is 15.1. The molecule has 2 aromatic rings. The molecule has 4 rings (SSSR count). The Morgan fingerprint density at radius 2 is 1.67 bits per heavy atom. The van der Waals surface area contributed by atoms with E-state index < -0.39 is 43.7 Å². The van der Waals surface area contributed by atoms with Gasteiger partial charge in [-0.05, 0) is 12.1 Å². The van der Waals surface area contributed by atoms with E-state index in [1.807, 2.05) is 0 Å². The predicted octanol–water partition coefficient (Wildman–Crippen LogP) is 1.70. The molecule has 2 aliphatic heterocycles. The monoisotopic (exact) mass is 429 g/mol. The van der Waals surface area contributed by atoms with Crippen LogP contribution in [-0.2, 0) is 14.2 Å². The molecule has 1 saturated heterocycles. The van der Waals surface area contributed by atoms with E-state index in [-0.39, 0.29) is 25.2 Å². The number of nitrogens with zero attached hydrogens (tertiary/aromatic N) is 3. The SMILES string of the molecule is O=C1c2ccccc2C(=O)N1C1COC(c2nnc(OCCOC(F)(F)F)o2)OC1. The second-order valence-corrected chi connectivity index (χ2v) is 6.23. The van der Waals surface area contributed by atoms with Crippen LogP contribution >= 0.6 is 0 Å². The number of aromatic nitrogens is 2. The number of carbonyl (C=O) groups is 2. The highest BCUT2D eigenvalue weighted by atomic mass is 19.4. The van der Waals surface area contributed by atoms with Gasteiger partial charge >= 0.3 is 12.4 Å². The van der Waals surface area contributed by atoms with Crippen LogP contribution in [0.5, 0.6) is 6.08 Å². The van der Waals surface area contributed by atoms with Gasteiger partial charge in [0.15, 0.2) is 0 Å². The van der Waals surface area contributed by atoms with Crippen molar-refractivity contribution in [2.24, 2.45) is 0 Å². The average molecular weight is 429 g/mol. The zero-order chi connectivity index (χ0) is 21.3. The number of benzene rings is 1. The third kappa shape index (κ3) is 4.13. The fourth-order valence-electron chi connectivity index (χ4n) is 2.98. The molecule has 0 radical (unpaired) electrons. The number of alkyl halides is 3. The minimum atomic E-state index is -4.76. The molecule has 0 N–H and O–H groups in total. The summed E-state index contributed by atoms with van der Waals surface area (Å²) in [6, 6.07) is 5.83. The topological polar surface area (TPSA) is 113 Å². The zero-order valence-electron chi connectivity index (χ0n) is 15.1. The highest BCUT2D eigenvalue weighted by Gasteiger charge is 2.42. The summed E-state index contributed by atoms with van der Waals surface area (Å²) >= 11 is 0. The van der Waals surface area contributed by atoms with Gasteiger partial charge in [0.2, 0.25) is 6.29 Å². The summed E-state index contributed by atoms with van der Waals surface area (Å²) in [6.45, 7) is -1.28. The largest absolute Gasteiger partial charge is 0.522 e. The minimum absolute atomic E-state index is 0.0336. The lowest BCUT2D eigenvalue weighted by molar-refractivity contribution is -0.325. The molecular weight excluding hydrogens is 415 g/mol. The van der Waals surface area contributed by atoms with Crippen LogP contribution in [0, 0.1) is 0 Å². The van der Waals surface area contributed by atoms with Crippen molar-refractivity contribution in [3.8, 4) is 6.08 Å². The van der Waals surface area contributed by atoms with Gasteiger partial charge in [-0.15, -0.1) is 18.3 Å². The highest BCUT2D eigenvalue weighted by Crippen LogP contribution is 2.30. The molecule has 1 aromatic carbocycles. The molecule has 0 bridgehead atoms. The Kier molecular flexibility index (Phi) is 5.40. The van der Waals surface area contributed by atoms with Crippen molar-refractivity contribution in [2.45, 2.75) is 18.7 Å². The van der Waals surface area contributed by atoms with E-state index in [4.69, 9.17) is 18.6 Å². The van der Waals surface area contributed by atoms with E-state index in [0.717, 1.165) is 4.90 Å². The molecule has 0 atom stereocenters. The molecular formula is C17H14F3N3O7. The number of ether oxygens (including phenoxy) is 4. The van der Waals surface area contributed by atoms with E-state index in [2.05, 4.69) is 14.9 Å². The summed E-state index contributed by atoms with van der Waals surface area (Å²) < 4.78 is 60.2. The summed E-state index contributed by atoms with van der Waals surface area (Å²) in [6.07, 6.45) is -6.22. The van der Waals surface area contributed by atoms with E-state index in [1.165, 1.54) is 0 Å². The van der Waals surface area contributed by atoms with Crippen molar-refractivity contribution < 1.29 is 46.1 Å². The molecule has 1 aromatic heterocycles. The van der Waals surface area contributed by atoms with Crippen LogP contribution in [-0.4, -0.2) is 65.7 Å². The Hall–Kier alpha value is -3.03. The lowest BCUT2D eigenvalue weighted by atomic mass is 10.1. The van der Waals surface area contributed by atoms with Gasteiger partial charge in [0.25, 0.3) is 17.7 Å². The average Bonchev–Trinajstić information content (AvgIpc) is 3.29. The summed E-state index contributed by atoms with van der Waals surface area (Å²) in [7, 11) is 0. The minimum Gasteiger partial charge on any atom is -0.447 e. The maximum Gasteiger partial charge on any atom is 0.522 e. The summed E-state index contributed by atoms with van der Waals surface area (Å²) in [5.74, 6) is -0.982. The van der Waals surface area contributed by atoms with Crippen LogP contribution in [0.1, 0.15) is 32.9 Å². The lowest BCUT2D eigenvalue weighted by Crippen LogP contribution is -2.48. The van der Waals surface area contributed by atoms with E-state index >= 15 is 0 Å². The van der Waals surface area contributed by atoms with Crippen LogP contribution in [0.25, 0.3) is 0 Å². The number of hydrogen-bond acceptors (Lipinski definition) is 9. The van der Waals surface area contributed by atoms with Crippen molar-refractivity contribution in [3.63, 3.8) is 0 Å². The molecule has 2 amide bonds. The standard InChI is InChI=1S/C17H14F3N3O7/c18-17(19,20)29-6-5-26-16-22-21-12(30-16)15-27-7-9(8-28-15)23-13(24)10-3-1-2-4-11(10)14(23)25/h1-4,9,15H,5-8H2. The van der Waals surface area contributed by atoms with Crippen LogP contribution < -0.4 is 4.74 Å². The van der Waals surface area contributed by atoms with E-state index in [9.17, 15) is 22.8 Å². The maximum atomic E-state index is 12.5. The number of fused-ring (bicyclic) bond motifs is 1. The molecule has 0 saturated carbocycles. The van der Waals surface area contributed by atoms with Crippen LogP contribution in [0.15, 0.2) is 28.7 Å². The van der Waals surface area contributed by atoms with Crippen molar-refractivity contribution in [2.75, 3.05) is 26.4 Å². The van der Waals surface area contributed by atoms with Gasteiger partial charge in [-0.3, -0.25) is 19.2 Å². The molecule has 10 nitrogen and oxygen atoms in total. The van der Waals surface area contributed by atoms with Crippen molar-refractivity contribution in [3.05, 3.63) is 41.3 Å². The summed E-state index contributed by atoms with van der Waals surface area (Å²) in [5, 5.41) is 7.17. The highest BCUT2D eigenvalue weighted by molar-refractivity contribution is 6.21. The van der Waals surface area contributed by atoms with E-state index in [0.29, 0.717) is 11.1 Å². The molecule has 13 heteroatoms. The fraction of sp³-hybridized carbons (Fsp3) is 0.412. The Labute approximate surface area is 166 Å². The second kappa shape index (κ2) is 8.01. The van der Waals surface area contributed by atoms with Gasteiger partial charge < -0.3 is 18.6 Å². The first-order valence-corrected chi connectivity index (χ1v) is 8.70. The number of carbonyl (C=O) groups excluding carboxylic acids is 2. The first kappa shape index (κ1) is 20.3. The summed E-state index contributed by atoms with van der Waals surface area (Å²) in [4.78, 5) is 26.1. The fourth-order valence-corrected chi connectivity index (χ4v) is 2.98. The van der Waals surface area contributed by atoms with Gasteiger partial charge in [0.1, 0.15) is 6.61 Å². The van der Waals surface area contributed by atoms with Crippen LogP contribution in [0.2, 0.25) is 0 Å². The molecule has 30 heavy (non-hydrogen) atoms. The van der Waals surface area contributed by atoms with Gasteiger partial charge in [0.05, 0.1) is 37.0 Å². The number of halogens is 3. The molecule has 0 aliphatic carbocycles. The van der Waals surface area contributed by atoms with Crippen LogP contribution in [0.3, 0.4) is 0 Å².